The van der Waals surface area contributed by atoms with E-state index < -0.39 is 5.97 Å². The van der Waals surface area contributed by atoms with Crippen LogP contribution in [0.2, 0.25) is 0 Å². The van der Waals surface area contributed by atoms with E-state index in [4.69, 9.17) is 0 Å². The molecule has 0 atom stereocenters. The van der Waals surface area contributed by atoms with E-state index in [-0.39, 0.29) is 5.41 Å². The predicted molar refractivity (Wildman–Crippen MR) is 88.9 cm³/mol. The molecule has 1 N–H and O–H groups in total. The van der Waals surface area contributed by atoms with E-state index in [9.17, 15) is 9.90 Å². The van der Waals surface area contributed by atoms with Crippen LogP contribution in [0.4, 0.5) is 0 Å². The highest BCUT2D eigenvalue weighted by Crippen LogP contribution is 2.37. The van der Waals surface area contributed by atoms with Crippen LogP contribution >= 0.6 is 0 Å². The molecule has 0 aliphatic heterocycles. The molecule has 0 radical (unpaired) electrons. The molecule has 0 aliphatic carbocycles. The molecule has 112 valence electrons. The monoisotopic (exact) mass is 293 g/mol. The van der Waals surface area contributed by atoms with Gasteiger partial charge in [0.05, 0.1) is 5.52 Å². The number of carboxylic acid groups (broad SMARTS) is 1. The summed E-state index contributed by atoms with van der Waals surface area (Å²) in [5.41, 5.74) is 2.76. The number of hydrogen-bond donors (Lipinski definition) is 1. The zero-order chi connectivity index (χ0) is 15.9. The third kappa shape index (κ3) is 2.19. The lowest BCUT2D eigenvalue weighted by Crippen LogP contribution is -2.18. The second-order valence-corrected chi connectivity index (χ2v) is 6.47. The van der Waals surface area contributed by atoms with Crippen molar-refractivity contribution in [2.75, 3.05) is 0 Å². The molecule has 0 spiro atoms. The second-order valence-electron chi connectivity index (χ2n) is 6.47. The Morgan fingerprint density at radius 2 is 1.55 bits per heavy atom. The van der Waals surface area contributed by atoms with Crippen molar-refractivity contribution in [3.05, 3.63) is 65.9 Å². The average molecular weight is 293 g/mol. The van der Waals surface area contributed by atoms with Crippen LogP contribution < -0.4 is 0 Å². The Kier molecular flexibility index (Phi) is 3.28. The molecular formula is C19H19NO2. The van der Waals surface area contributed by atoms with Crippen molar-refractivity contribution in [1.82, 2.24) is 4.57 Å². The van der Waals surface area contributed by atoms with E-state index in [0.29, 0.717) is 5.69 Å². The first-order valence-corrected chi connectivity index (χ1v) is 7.34. The standard InChI is InChI=1S/C19H19NO2/c1-19(2,3)16-14-11-7-8-12-15(14)20(17(16)18(21)22)13-9-5-4-6-10-13/h4-12H,1-3H3,(H,21,22). The molecule has 0 aliphatic rings. The summed E-state index contributed by atoms with van der Waals surface area (Å²) in [6.07, 6.45) is 0. The lowest BCUT2D eigenvalue weighted by molar-refractivity contribution is 0.0686. The molecule has 3 rings (SSSR count). The Hall–Kier alpha value is -2.55. The van der Waals surface area contributed by atoms with Crippen molar-refractivity contribution in [2.24, 2.45) is 0 Å². The number of fused-ring (bicyclic) bond motifs is 1. The third-order valence-electron chi connectivity index (χ3n) is 3.84. The first-order valence-electron chi connectivity index (χ1n) is 7.34. The molecule has 3 aromatic rings. The summed E-state index contributed by atoms with van der Waals surface area (Å²) in [5.74, 6) is -0.898. The largest absolute Gasteiger partial charge is 0.477 e. The summed E-state index contributed by atoms with van der Waals surface area (Å²) in [4.78, 5) is 12.0. The van der Waals surface area contributed by atoms with Gasteiger partial charge in [-0.05, 0) is 29.2 Å². The Bertz CT molecular complexity index is 839. The van der Waals surface area contributed by atoms with Crippen LogP contribution in [0.15, 0.2) is 54.6 Å². The molecule has 0 bridgehead atoms. The summed E-state index contributed by atoms with van der Waals surface area (Å²) in [6.45, 7) is 6.16. The van der Waals surface area contributed by atoms with Crippen molar-refractivity contribution in [1.29, 1.82) is 0 Å². The van der Waals surface area contributed by atoms with Gasteiger partial charge in [0.2, 0.25) is 0 Å². The number of carbonyl (C=O) groups is 1. The fourth-order valence-electron chi connectivity index (χ4n) is 3.05. The predicted octanol–water partition coefficient (Wildman–Crippen LogP) is 4.63. The van der Waals surface area contributed by atoms with Gasteiger partial charge in [0.15, 0.2) is 0 Å². The van der Waals surface area contributed by atoms with Crippen LogP contribution in [0, 0.1) is 0 Å². The normalized spacial score (nSPS) is 11.8. The topological polar surface area (TPSA) is 42.2 Å². The lowest BCUT2D eigenvalue weighted by Gasteiger charge is -2.20. The summed E-state index contributed by atoms with van der Waals surface area (Å²) >= 11 is 0. The maximum atomic E-state index is 12.0. The Morgan fingerprint density at radius 3 is 2.14 bits per heavy atom. The van der Waals surface area contributed by atoms with Gasteiger partial charge in [-0.2, -0.15) is 0 Å². The van der Waals surface area contributed by atoms with Gasteiger partial charge in [0, 0.05) is 11.1 Å². The molecule has 0 fully saturated rings. The van der Waals surface area contributed by atoms with Gasteiger partial charge in [0.1, 0.15) is 5.69 Å². The molecule has 2 aromatic carbocycles. The minimum Gasteiger partial charge on any atom is -0.477 e. The Balaban J connectivity index is 2.51. The van der Waals surface area contributed by atoms with Gasteiger partial charge in [-0.3, -0.25) is 0 Å². The zero-order valence-electron chi connectivity index (χ0n) is 13.0. The summed E-state index contributed by atoms with van der Waals surface area (Å²) < 4.78 is 1.85. The van der Waals surface area contributed by atoms with E-state index in [0.717, 1.165) is 22.2 Å². The van der Waals surface area contributed by atoms with Gasteiger partial charge in [-0.1, -0.05) is 57.2 Å². The highest BCUT2D eigenvalue weighted by Gasteiger charge is 2.30. The minimum atomic E-state index is -0.898. The van der Waals surface area contributed by atoms with Crippen molar-refractivity contribution in [3.8, 4) is 5.69 Å². The number of carboxylic acids is 1. The minimum absolute atomic E-state index is 0.257. The molecule has 22 heavy (non-hydrogen) atoms. The zero-order valence-corrected chi connectivity index (χ0v) is 13.0. The van der Waals surface area contributed by atoms with Crippen molar-refractivity contribution in [3.63, 3.8) is 0 Å². The highest BCUT2D eigenvalue weighted by atomic mass is 16.4. The number of rotatable bonds is 2. The van der Waals surface area contributed by atoms with Crippen LogP contribution in [0.1, 0.15) is 36.8 Å². The Morgan fingerprint density at radius 1 is 0.955 bits per heavy atom. The SMILES string of the molecule is CC(C)(C)c1c(C(=O)O)n(-c2ccccc2)c2ccccc12. The molecule has 1 heterocycles. The summed E-state index contributed by atoms with van der Waals surface area (Å²) in [6, 6.07) is 17.5. The van der Waals surface area contributed by atoms with Gasteiger partial charge in [0.25, 0.3) is 0 Å². The van der Waals surface area contributed by atoms with E-state index in [1.807, 2.05) is 59.2 Å². The summed E-state index contributed by atoms with van der Waals surface area (Å²) in [7, 11) is 0. The average Bonchev–Trinajstić information content (AvgIpc) is 2.83. The van der Waals surface area contributed by atoms with Crippen molar-refractivity contribution < 1.29 is 9.90 Å². The van der Waals surface area contributed by atoms with Crippen molar-refractivity contribution >= 4 is 16.9 Å². The molecule has 0 saturated heterocycles. The van der Waals surface area contributed by atoms with Crippen molar-refractivity contribution in [2.45, 2.75) is 26.2 Å². The molecule has 0 unspecified atom stereocenters. The number of aromatic nitrogens is 1. The van der Waals surface area contributed by atoms with Gasteiger partial charge >= 0.3 is 5.97 Å². The third-order valence-corrected chi connectivity index (χ3v) is 3.84. The number of benzene rings is 2. The van der Waals surface area contributed by atoms with E-state index in [1.165, 1.54) is 0 Å². The van der Waals surface area contributed by atoms with E-state index in [2.05, 4.69) is 20.8 Å². The van der Waals surface area contributed by atoms with Crippen LogP contribution in [-0.2, 0) is 5.41 Å². The van der Waals surface area contributed by atoms with Gasteiger partial charge in [-0.25, -0.2) is 4.79 Å². The molecule has 1 aromatic heterocycles. The fourth-order valence-corrected chi connectivity index (χ4v) is 3.05. The first-order chi connectivity index (χ1) is 10.4. The molecule has 0 saturated carbocycles. The molecule has 0 amide bonds. The molecule has 3 heteroatoms. The Labute approximate surface area is 129 Å². The van der Waals surface area contributed by atoms with E-state index >= 15 is 0 Å². The summed E-state index contributed by atoms with van der Waals surface area (Å²) in [5, 5.41) is 10.8. The number of aromatic carboxylic acids is 1. The van der Waals surface area contributed by atoms with Crippen LogP contribution in [0.25, 0.3) is 16.6 Å². The highest BCUT2D eigenvalue weighted by molar-refractivity contribution is 6.00. The van der Waals surface area contributed by atoms with Crippen LogP contribution in [-0.4, -0.2) is 15.6 Å². The number of hydrogen-bond acceptors (Lipinski definition) is 1. The fraction of sp³-hybridized carbons (Fsp3) is 0.211. The van der Waals surface area contributed by atoms with Crippen LogP contribution in [0.5, 0.6) is 0 Å². The maximum absolute atomic E-state index is 12.0. The molecular weight excluding hydrogens is 274 g/mol. The van der Waals surface area contributed by atoms with Gasteiger partial charge in [-0.15, -0.1) is 0 Å². The second kappa shape index (κ2) is 5.02. The first kappa shape index (κ1) is 14.4. The maximum Gasteiger partial charge on any atom is 0.353 e. The number of nitrogens with zero attached hydrogens (tertiary/aromatic N) is 1. The van der Waals surface area contributed by atoms with Crippen LogP contribution in [0.3, 0.4) is 0 Å². The smallest absolute Gasteiger partial charge is 0.353 e. The molecule has 3 nitrogen and oxygen atoms in total. The number of para-hydroxylation sites is 2. The van der Waals surface area contributed by atoms with Gasteiger partial charge < -0.3 is 9.67 Å². The van der Waals surface area contributed by atoms with E-state index in [1.54, 1.807) is 0 Å². The lowest BCUT2D eigenvalue weighted by atomic mass is 9.84. The quantitative estimate of drug-likeness (QED) is 0.748.